The molecule has 0 amide bonds. The zero-order valence-electron chi connectivity index (χ0n) is 21.8. The summed E-state index contributed by atoms with van der Waals surface area (Å²) in [4.78, 5) is 31.9. The first-order valence-corrected chi connectivity index (χ1v) is 13.0. The zero-order chi connectivity index (χ0) is 26.4. The molecule has 6 rings (SSSR count). The van der Waals surface area contributed by atoms with Gasteiger partial charge in [0.15, 0.2) is 11.5 Å². The second-order valence-corrected chi connectivity index (χ2v) is 10.3. The van der Waals surface area contributed by atoms with Gasteiger partial charge in [-0.25, -0.2) is 19.3 Å². The normalized spacial score (nSPS) is 19.6. The minimum atomic E-state index is -1.00. The van der Waals surface area contributed by atoms with E-state index >= 15 is 0 Å². The van der Waals surface area contributed by atoms with Crippen molar-refractivity contribution in [2.75, 3.05) is 43.4 Å². The summed E-state index contributed by atoms with van der Waals surface area (Å²) in [6.07, 6.45) is 4.60. The molecule has 0 saturated carbocycles. The number of benzene rings is 1. The van der Waals surface area contributed by atoms with Gasteiger partial charge in [-0.2, -0.15) is 4.98 Å². The van der Waals surface area contributed by atoms with Gasteiger partial charge >= 0.3 is 0 Å². The van der Waals surface area contributed by atoms with Crippen LogP contribution in [0.5, 0.6) is 0 Å². The van der Waals surface area contributed by atoms with Crippen molar-refractivity contribution in [2.45, 2.75) is 31.9 Å². The molecular weight excluding hydrogens is 480 g/mol. The van der Waals surface area contributed by atoms with E-state index in [9.17, 15) is 9.90 Å². The number of hydrogen-bond donors (Lipinski definition) is 2. The fourth-order valence-corrected chi connectivity index (χ4v) is 5.32. The van der Waals surface area contributed by atoms with Crippen molar-refractivity contribution in [3.63, 3.8) is 0 Å². The smallest absolute Gasteiger partial charge is 0.278 e. The Morgan fingerprint density at radius 2 is 1.87 bits per heavy atom. The van der Waals surface area contributed by atoms with E-state index in [0.29, 0.717) is 34.9 Å². The summed E-state index contributed by atoms with van der Waals surface area (Å²) in [7, 11) is 2.15. The van der Waals surface area contributed by atoms with Crippen LogP contribution in [0.2, 0.25) is 0 Å². The number of rotatable bonds is 6. The third-order valence-corrected chi connectivity index (χ3v) is 7.54. The van der Waals surface area contributed by atoms with E-state index in [2.05, 4.69) is 45.9 Å². The molecule has 38 heavy (non-hydrogen) atoms. The maximum Gasteiger partial charge on any atom is 0.278 e. The summed E-state index contributed by atoms with van der Waals surface area (Å²) in [5, 5.41) is 14.5. The predicted molar refractivity (Wildman–Crippen MR) is 148 cm³/mol. The van der Waals surface area contributed by atoms with Gasteiger partial charge in [-0.05, 0) is 62.7 Å². The molecule has 1 aliphatic carbocycles. The summed E-state index contributed by atoms with van der Waals surface area (Å²) < 4.78 is 3.23. The van der Waals surface area contributed by atoms with Gasteiger partial charge in [-0.3, -0.25) is 4.79 Å². The molecule has 4 aromatic rings. The van der Waals surface area contributed by atoms with E-state index in [1.807, 2.05) is 24.3 Å². The summed E-state index contributed by atoms with van der Waals surface area (Å²) in [6, 6.07) is 12.1. The monoisotopic (exact) mass is 512 g/mol. The minimum absolute atomic E-state index is 0.225. The lowest BCUT2D eigenvalue weighted by Crippen LogP contribution is -2.44. The third-order valence-electron chi connectivity index (χ3n) is 7.54. The molecule has 10 heteroatoms. The summed E-state index contributed by atoms with van der Waals surface area (Å²) >= 11 is 0. The van der Waals surface area contributed by atoms with Gasteiger partial charge in [0.05, 0.1) is 12.2 Å². The number of fused-ring (bicyclic) bond motifs is 2. The maximum absolute atomic E-state index is 13.3. The molecule has 1 atom stereocenters. The topological polar surface area (TPSA) is 104 Å². The van der Waals surface area contributed by atoms with Gasteiger partial charge in [0.1, 0.15) is 11.0 Å². The highest BCUT2D eigenvalue weighted by Gasteiger charge is 2.34. The second-order valence-electron chi connectivity index (χ2n) is 10.3. The number of aryl methyl sites for hydroxylation is 1. The Bertz CT molecular complexity index is 1560. The van der Waals surface area contributed by atoms with Gasteiger partial charge in [0, 0.05) is 43.8 Å². The van der Waals surface area contributed by atoms with Gasteiger partial charge in [-0.15, -0.1) is 6.58 Å². The van der Waals surface area contributed by atoms with Crippen LogP contribution in [-0.2, 0) is 18.6 Å². The largest absolute Gasteiger partial charge is 0.384 e. The highest BCUT2D eigenvalue weighted by Crippen LogP contribution is 2.35. The lowest BCUT2D eigenvalue weighted by molar-refractivity contribution is 0.0553. The first-order chi connectivity index (χ1) is 18.3. The van der Waals surface area contributed by atoms with E-state index < -0.39 is 5.60 Å². The maximum atomic E-state index is 13.3. The van der Waals surface area contributed by atoms with Crippen LogP contribution in [0, 0.1) is 0 Å². The van der Waals surface area contributed by atoms with Crippen molar-refractivity contribution in [3.8, 4) is 5.82 Å². The molecule has 4 heterocycles. The molecule has 0 bridgehead atoms. The average Bonchev–Trinajstić information content (AvgIpc) is 3.37. The molecule has 3 aromatic heterocycles. The number of aromatic nitrogens is 5. The number of hydrogen-bond acceptors (Lipinski definition) is 8. The van der Waals surface area contributed by atoms with Crippen molar-refractivity contribution >= 4 is 28.4 Å². The van der Waals surface area contributed by atoms with E-state index in [4.69, 9.17) is 9.97 Å². The van der Waals surface area contributed by atoms with Crippen LogP contribution in [0.25, 0.3) is 16.9 Å². The van der Waals surface area contributed by atoms with E-state index in [0.717, 1.165) is 43.9 Å². The Balaban J connectivity index is 1.36. The lowest BCUT2D eigenvalue weighted by Gasteiger charge is -2.34. The Morgan fingerprint density at radius 1 is 1.11 bits per heavy atom. The van der Waals surface area contributed by atoms with Crippen LogP contribution < -0.4 is 15.8 Å². The Kier molecular flexibility index (Phi) is 6.00. The fourth-order valence-electron chi connectivity index (χ4n) is 5.32. The van der Waals surface area contributed by atoms with Crippen LogP contribution in [0.3, 0.4) is 0 Å². The van der Waals surface area contributed by atoms with Crippen LogP contribution in [0.1, 0.15) is 24.6 Å². The fraction of sp³-hybridized carbons (Fsp3) is 0.357. The number of likely N-dealkylation sites (N-methyl/N-ethyl adjacent to an activating group) is 1. The summed E-state index contributed by atoms with van der Waals surface area (Å²) in [6.45, 7) is 9.99. The number of anilines is 3. The summed E-state index contributed by atoms with van der Waals surface area (Å²) in [5.74, 6) is 0.892. The van der Waals surface area contributed by atoms with E-state index in [-0.39, 0.29) is 12.1 Å². The number of pyridine rings is 1. The molecule has 2 aliphatic rings. The predicted octanol–water partition coefficient (Wildman–Crippen LogP) is 2.81. The standard InChI is InChI=1S/C28H32N8O2/c1-4-13-35-26(37)22-18-29-27(30-20-6-8-21(9-7-20)34-16-14-33(3)15-17-34)32-25(22)36(35)23-10-5-19-11-12-28(2,38)24(19)31-23/h4-10,18,38H,1,11-17H2,2-3H3,(H,29,30,32)/t28-/m1/s1. The Hall–Kier alpha value is -4.02. The van der Waals surface area contributed by atoms with E-state index in [1.165, 1.54) is 5.69 Å². The molecule has 0 radical (unpaired) electrons. The first kappa shape index (κ1) is 24.3. The van der Waals surface area contributed by atoms with Crippen molar-refractivity contribution in [1.82, 2.24) is 29.2 Å². The van der Waals surface area contributed by atoms with Crippen LogP contribution in [0.15, 0.2) is 60.0 Å². The molecule has 1 aromatic carbocycles. The van der Waals surface area contributed by atoms with Gasteiger partial charge < -0.3 is 20.2 Å². The van der Waals surface area contributed by atoms with Gasteiger partial charge in [0.2, 0.25) is 5.95 Å². The molecule has 1 saturated heterocycles. The number of piperazine rings is 1. The SMILES string of the molecule is C=CCn1c(=O)c2cnc(Nc3ccc(N4CCN(C)CC4)cc3)nc2n1-c1ccc2c(n1)[C@](C)(O)CC2. The molecule has 2 N–H and O–H groups in total. The zero-order valence-corrected chi connectivity index (χ0v) is 21.8. The van der Waals surface area contributed by atoms with E-state index in [1.54, 1.807) is 28.6 Å². The quantitative estimate of drug-likeness (QED) is 0.380. The van der Waals surface area contributed by atoms with Crippen molar-refractivity contribution in [2.24, 2.45) is 0 Å². The number of aliphatic hydroxyl groups is 1. The third kappa shape index (κ3) is 4.25. The van der Waals surface area contributed by atoms with Crippen molar-refractivity contribution < 1.29 is 5.11 Å². The number of nitrogens with zero attached hydrogens (tertiary/aromatic N) is 7. The highest BCUT2D eigenvalue weighted by atomic mass is 16.3. The molecular formula is C28H32N8O2. The number of nitrogens with one attached hydrogen (secondary N) is 1. The van der Waals surface area contributed by atoms with Crippen LogP contribution in [0.4, 0.5) is 17.3 Å². The Labute approximate surface area is 220 Å². The van der Waals surface area contributed by atoms with Gasteiger partial charge in [-0.1, -0.05) is 12.1 Å². The second kappa shape index (κ2) is 9.38. The van der Waals surface area contributed by atoms with Gasteiger partial charge in [0.25, 0.3) is 5.56 Å². The molecule has 0 unspecified atom stereocenters. The summed E-state index contributed by atoms with van der Waals surface area (Å²) in [5.41, 5.74) is 2.91. The molecule has 1 fully saturated rings. The minimum Gasteiger partial charge on any atom is -0.384 e. The van der Waals surface area contributed by atoms with Crippen LogP contribution >= 0.6 is 0 Å². The lowest BCUT2D eigenvalue weighted by atomic mass is 10.0. The van der Waals surface area contributed by atoms with Crippen molar-refractivity contribution in [1.29, 1.82) is 0 Å². The molecule has 196 valence electrons. The first-order valence-electron chi connectivity index (χ1n) is 13.0. The molecule has 10 nitrogen and oxygen atoms in total. The van der Waals surface area contributed by atoms with Crippen LogP contribution in [-0.4, -0.2) is 67.5 Å². The molecule has 0 spiro atoms. The van der Waals surface area contributed by atoms with Crippen molar-refractivity contribution in [3.05, 3.63) is 76.9 Å². The Morgan fingerprint density at radius 3 is 2.61 bits per heavy atom. The number of allylic oxidation sites excluding steroid dienone is 1. The molecule has 1 aliphatic heterocycles. The highest BCUT2D eigenvalue weighted by molar-refractivity contribution is 5.77. The average molecular weight is 513 g/mol.